The van der Waals surface area contributed by atoms with E-state index in [1.807, 2.05) is 25.1 Å². The fourth-order valence-corrected chi connectivity index (χ4v) is 1.59. The van der Waals surface area contributed by atoms with Crippen LogP contribution >= 0.6 is 11.6 Å². The first-order chi connectivity index (χ1) is 7.32. The van der Waals surface area contributed by atoms with E-state index in [2.05, 4.69) is 5.32 Å². The van der Waals surface area contributed by atoms with Gasteiger partial charge < -0.3 is 11.1 Å². The fourth-order valence-electron chi connectivity index (χ4n) is 1.29. The number of nitrogens with two attached hydrogens (primary N) is 1. The zero-order valence-electron chi connectivity index (χ0n) is 9.75. The van der Waals surface area contributed by atoms with Crippen LogP contribution in [0.5, 0.6) is 0 Å². The second-order valence-electron chi connectivity index (χ2n) is 4.44. The molecule has 0 spiro atoms. The van der Waals surface area contributed by atoms with Gasteiger partial charge in [0.2, 0.25) is 5.91 Å². The molecule has 0 aromatic heterocycles. The molecule has 1 unspecified atom stereocenters. The molecule has 0 aliphatic carbocycles. The molecule has 1 rings (SSSR count). The Balaban J connectivity index is 2.78. The van der Waals surface area contributed by atoms with E-state index < -0.39 is 5.54 Å². The number of amides is 1. The molecule has 0 bridgehead atoms. The zero-order valence-corrected chi connectivity index (χ0v) is 10.5. The van der Waals surface area contributed by atoms with Crippen LogP contribution in [0.25, 0.3) is 0 Å². The van der Waals surface area contributed by atoms with E-state index in [4.69, 9.17) is 17.3 Å². The topological polar surface area (TPSA) is 55.1 Å². The molecule has 3 nitrogen and oxygen atoms in total. The molecule has 4 heteroatoms. The van der Waals surface area contributed by atoms with Crippen LogP contribution in [0.3, 0.4) is 0 Å². The maximum absolute atomic E-state index is 11.7. The van der Waals surface area contributed by atoms with Crippen LogP contribution in [0.4, 0.5) is 0 Å². The molecule has 0 radical (unpaired) electrons. The van der Waals surface area contributed by atoms with E-state index in [-0.39, 0.29) is 11.9 Å². The van der Waals surface area contributed by atoms with Gasteiger partial charge in [-0.3, -0.25) is 4.79 Å². The van der Waals surface area contributed by atoms with Crippen LogP contribution in [0.15, 0.2) is 24.3 Å². The van der Waals surface area contributed by atoms with Gasteiger partial charge in [0.15, 0.2) is 0 Å². The van der Waals surface area contributed by atoms with Gasteiger partial charge in [-0.25, -0.2) is 0 Å². The van der Waals surface area contributed by atoms with Gasteiger partial charge in [-0.2, -0.15) is 0 Å². The van der Waals surface area contributed by atoms with Gasteiger partial charge >= 0.3 is 0 Å². The number of benzene rings is 1. The summed E-state index contributed by atoms with van der Waals surface area (Å²) >= 11 is 6.03. The molecular weight excluding hydrogens is 224 g/mol. The van der Waals surface area contributed by atoms with Gasteiger partial charge in [0.1, 0.15) is 0 Å². The summed E-state index contributed by atoms with van der Waals surface area (Å²) in [5.41, 5.74) is 5.71. The van der Waals surface area contributed by atoms with Gasteiger partial charge in [0, 0.05) is 5.02 Å². The van der Waals surface area contributed by atoms with Gasteiger partial charge in [0.25, 0.3) is 0 Å². The Hall–Kier alpha value is -1.06. The standard InChI is InChI=1S/C12H17ClN2O/c1-8(15-11(16)12(2,3)14)9-6-4-5-7-10(9)13/h4-8H,14H2,1-3H3,(H,15,16). The highest BCUT2D eigenvalue weighted by molar-refractivity contribution is 6.31. The number of halogens is 1. The third kappa shape index (κ3) is 3.22. The highest BCUT2D eigenvalue weighted by atomic mass is 35.5. The molecule has 88 valence electrons. The summed E-state index contributed by atoms with van der Waals surface area (Å²) in [6.45, 7) is 5.22. The Labute approximate surface area is 101 Å². The monoisotopic (exact) mass is 240 g/mol. The molecule has 16 heavy (non-hydrogen) atoms. The van der Waals surface area contributed by atoms with Crippen molar-refractivity contribution in [3.8, 4) is 0 Å². The first-order valence-corrected chi connectivity index (χ1v) is 5.54. The summed E-state index contributed by atoms with van der Waals surface area (Å²) in [5, 5.41) is 3.47. The summed E-state index contributed by atoms with van der Waals surface area (Å²) in [6.07, 6.45) is 0. The van der Waals surface area contributed by atoms with Crippen molar-refractivity contribution >= 4 is 17.5 Å². The fraction of sp³-hybridized carbons (Fsp3) is 0.417. The SMILES string of the molecule is CC(NC(=O)C(C)(C)N)c1ccccc1Cl. The minimum absolute atomic E-state index is 0.149. The Morgan fingerprint density at radius 2 is 2.00 bits per heavy atom. The highest BCUT2D eigenvalue weighted by Crippen LogP contribution is 2.22. The molecule has 1 amide bonds. The second-order valence-corrected chi connectivity index (χ2v) is 4.85. The lowest BCUT2D eigenvalue weighted by Gasteiger charge is -2.22. The molecule has 0 saturated heterocycles. The van der Waals surface area contributed by atoms with Gasteiger partial charge in [-0.1, -0.05) is 29.8 Å². The third-order valence-electron chi connectivity index (χ3n) is 2.30. The molecule has 0 aliphatic rings. The average Bonchev–Trinajstić information content (AvgIpc) is 2.16. The van der Waals surface area contributed by atoms with Crippen LogP contribution in [-0.4, -0.2) is 11.4 Å². The van der Waals surface area contributed by atoms with E-state index in [0.29, 0.717) is 5.02 Å². The minimum Gasteiger partial charge on any atom is -0.348 e. The van der Waals surface area contributed by atoms with Crippen LogP contribution in [0.2, 0.25) is 5.02 Å². The lowest BCUT2D eigenvalue weighted by molar-refractivity contribution is -0.125. The Morgan fingerprint density at radius 3 is 2.50 bits per heavy atom. The van der Waals surface area contributed by atoms with Crippen molar-refractivity contribution in [2.45, 2.75) is 32.4 Å². The van der Waals surface area contributed by atoms with E-state index in [0.717, 1.165) is 5.56 Å². The van der Waals surface area contributed by atoms with Crippen molar-refractivity contribution in [3.63, 3.8) is 0 Å². The van der Waals surface area contributed by atoms with Crippen molar-refractivity contribution in [2.75, 3.05) is 0 Å². The number of rotatable bonds is 3. The summed E-state index contributed by atoms with van der Waals surface area (Å²) in [5.74, 6) is -0.195. The predicted molar refractivity (Wildman–Crippen MR) is 66.3 cm³/mol. The summed E-state index contributed by atoms with van der Waals surface area (Å²) in [6, 6.07) is 7.28. The summed E-state index contributed by atoms with van der Waals surface area (Å²) in [7, 11) is 0. The van der Waals surface area contributed by atoms with Crippen molar-refractivity contribution in [1.82, 2.24) is 5.32 Å². The first kappa shape index (κ1) is 13.0. The quantitative estimate of drug-likeness (QED) is 0.852. The molecular formula is C12H17ClN2O. The predicted octanol–water partition coefficient (Wildman–Crippen LogP) is 2.25. The Bertz CT molecular complexity index is 385. The van der Waals surface area contributed by atoms with Crippen molar-refractivity contribution in [1.29, 1.82) is 0 Å². The van der Waals surface area contributed by atoms with E-state index in [1.165, 1.54) is 0 Å². The molecule has 0 fully saturated rings. The largest absolute Gasteiger partial charge is 0.348 e. The van der Waals surface area contributed by atoms with Crippen LogP contribution in [0.1, 0.15) is 32.4 Å². The lowest BCUT2D eigenvalue weighted by atomic mass is 10.0. The Kier molecular flexibility index (Phi) is 3.94. The van der Waals surface area contributed by atoms with Gasteiger partial charge in [0.05, 0.1) is 11.6 Å². The smallest absolute Gasteiger partial charge is 0.239 e. The number of carbonyl (C=O) groups excluding carboxylic acids is 1. The summed E-state index contributed by atoms with van der Waals surface area (Å²) in [4.78, 5) is 11.7. The van der Waals surface area contributed by atoms with Crippen molar-refractivity contribution in [2.24, 2.45) is 5.73 Å². The summed E-state index contributed by atoms with van der Waals surface area (Å²) < 4.78 is 0. The van der Waals surface area contributed by atoms with E-state index in [9.17, 15) is 4.79 Å². The molecule has 1 aromatic carbocycles. The number of carbonyl (C=O) groups is 1. The number of hydrogen-bond donors (Lipinski definition) is 2. The molecule has 0 aliphatic heterocycles. The maximum atomic E-state index is 11.7. The van der Waals surface area contributed by atoms with E-state index in [1.54, 1.807) is 19.9 Å². The molecule has 0 heterocycles. The normalized spacial score (nSPS) is 13.3. The highest BCUT2D eigenvalue weighted by Gasteiger charge is 2.23. The first-order valence-electron chi connectivity index (χ1n) is 5.16. The van der Waals surface area contributed by atoms with Crippen LogP contribution in [0, 0.1) is 0 Å². The molecule has 1 aromatic rings. The second kappa shape index (κ2) is 4.85. The molecule has 1 atom stereocenters. The van der Waals surface area contributed by atoms with Crippen LogP contribution < -0.4 is 11.1 Å². The minimum atomic E-state index is -0.879. The molecule has 0 saturated carbocycles. The zero-order chi connectivity index (χ0) is 12.3. The number of hydrogen-bond acceptors (Lipinski definition) is 2. The maximum Gasteiger partial charge on any atom is 0.239 e. The Morgan fingerprint density at radius 1 is 1.44 bits per heavy atom. The van der Waals surface area contributed by atoms with Gasteiger partial charge in [-0.05, 0) is 32.4 Å². The van der Waals surface area contributed by atoms with Crippen LogP contribution in [-0.2, 0) is 4.79 Å². The third-order valence-corrected chi connectivity index (χ3v) is 2.65. The van der Waals surface area contributed by atoms with E-state index >= 15 is 0 Å². The molecule has 3 N–H and O–H groups in total. The number of nitrogens with one attached hydrogen (secondary N) is 1. The van der Waals surface area contributed by atoms with Crippen molar-refractivity contribution in [3.05, 3.63) is 34.9 Å². The average molecular weight is 241 g/mol. The van der Waals surface area contributed by atoms with Crippen molar-refractivity contribution < 1.29 is 4.79 Å². The lowest BCUT2D eigenvalue weighted by Crippen LogP contribution is -2.49. The van der Waals surface area contributed by atoms with Gasteiger partial charge in [-0.15, -0.1) is 0 Å².